The lowest BCUT2D eigenvalue weighted by Crippen LogP contribution is -2.20. The standard InChI is InChI=1S/C22H21N5O/c1-3-19(16-8-5-4-6-9-16)22(28)23-18-11-7-10-17(14-18)20-12-13-21-25-24-15(2)27(21)26-20/h4-14,19H,3H2,1-2H3,(H,23,28)/t19-/m1/s1. The van der Waals surface area contributed by atoms with E-state index in [4.69, 9.17) is 0 Å². The molecule has 4 aromatic rings. The first kappa shape index (κ1) is 17.9. The highest BCUT2D eigenvalue weighted by atomic mass is 16.1. The van der Waals surface area contributed by atoms with Gasteiger partial charge in [-0.2, -0.15) is 9.61 Å². The highest BCUT2D eigenvalue weighted by Gasteiger charge is 2.18. The Bertz CT molecular complexity index is 1120. The molecule has 0 spiro atoms. The molecule has 0 saturated heterocycles. The zero-order valence-corrected chi connectivity index (χ0v) is 15.8. The molecule has 2 heterocycles. The molecule has 0 fully saturated rings. The zero-order valence-electron chi connectivity index (χ0n) is 15.8. The Kier molecular flexibility index (Phi) is 4.85. The van der Waals surface area contributed by atoms with Crippen molar-refractivity contribution in [1.29, 1.82) is 0 Å². The molecule has 1 N–H and O–H groups in total. The average molecular weight is 371 g/mol. The first-order chi connectivity index (χ1) is 13.7. The number of carbonyl (C=O) groups is 1. The smallest absolute Gasteiger partial charge is 0.231 e. The van der Waals surface area contributed by atoms with Crippen LogP contribution < -0.4 is 5.32 Å². The number of aryl methyl sites for hydroxylation is 1. The van der Waals surface area contributed by atoms with Crippen LogP contribution in [0.4, 0.5) is 5.69 Å². The fourth-order valence-corrected chi connectivity index (χ4v) is 3.29. The first-order valence-corrected chi connectivity index (χ1v) is 9.31. The Hall–Kier alpha value is -3.54. The number of amides is 1. The Morgan fingerprint density at radius 3 is 2.64 bits per heavy atom. The van der Waals surface area contributed by atoms with Crippen molar-refractivity contribution in [3.05, 3.63) is 78.1 Å². The monoisotopic (exact) mass is 371 g/mol. The lowest BCUT2D eigenvalue weighted by atomic mass is 9.95. The number of aromatic nitrogens is 4. The number of anilines is 1. The van der Waals surface area contributed by atoms with Gasteiger partial charge in [0.2, 0.25) is 5.91 Å². The van der Waals surface area contributed by atoms with Gasteiger partial charge in [0.25, 0.3) is 0 Å². The van der Waals surface area contributed by atoms with E-state index in [1.807, 2.05) is 80.6 Å². The summed E-state index contributed by atoms with van der Waals surface area (Å²) in [5, 5.41) is 15.7. The molecule has 4 rings (SSSR count). The van der Waals surface area contributed by atoms with Crippen LogP contribution in [0, 0.1) is 6.92 Å². The van der Waals surface area contributed by atoms with Crippen molar-refractivity contribution in [2.24, 2.45) is 0 Å². The van der Waals surface area contributed by atoms with Gasteiger partial charge < -0.3 is 5.32 Å². The third kappa shape index (κ3) is 3.49. The number of hydrogen-bond acceptors (Lipinski definition) is 4. The van der Waals surface area contributed by atoms with Crippen LogP contribution in [0.5, 0.6) is 0 Å². The van der Waals surface area contributed by atoms with E-state index < -0.39 is 0 Å². The highest BCUT2D eigenvalue weighted by molar-refractivity contribution is 5.96. The van der Waals surface area contributed by atoms with E-state index in [1.54, 1.807) is 4.52 Å². The van der Waals surface area contributed by atoms with Crippen LogP contribution in [-0.4, -0.2) is 25.7 Å². The molecule has 6 nitrogen and oxygen atoms in total. The minimum atomic E-state index is -0.181. The number of nitrogens with zero attached hydrogens (tertiary/aromatic N) is 4. The molecule has 1 amide bonds. The normalized spacial score (nSPS) is 12.1. The second kappa shape index (κ2) is 7.60. The Morgan fingerprint density at radius 2 is 1.86 bits per heavy atom. The largest absolute Gasteiger partial charge is 0.326 e. The van der Waals surface area contributed by atoms with Crippen LogP contribution in [0.2, 0.25) is 0 Å². The van der Waals surface area contributed by atoms with E-state index >= 15 is 0 Å². The van der Waals surface area contributed by atoms with Gasteiger partial charge in [-0.15, -0.1) is 10.2 Å². The number of fused-ring (bicyclic) bond motifs is 1. The van der Waals surface area contributed by atoms with Gasteiger partial charge in [-0.25, -0.2) is 0 Å². The minimum absolute atomic E-state index is 0.0103. The van der Waals surface area contributed by atoms with Crippen molar-refractivity contribution < 1.29 is 4.79 Å². The second-order valence-electron chi connectivity index (χ2n) is 6.68. The molecule has 28 heavy (non-hydrogen) atoms. The summed E-state index contributed by atoms with van der Waals surface area (Å²) < 4.78 is 1.71. The van der Waals surface area contributed by atoms with Crippen molar-refractivity contribution in [2.45, 2.75) is 26.2 Å². The number of benzene rings is 2. The van der Waals surface area contributed by atoms with E-state index in [0.717, 1.165) is 34.8 Å². The van der Waals surface area contributed by atoms with Crippen molar-refractivity contribution >= 4 is 17.2 Å². The van der Waals surface area contributed by atoms with E-state index in [9.17, 15) is 4.79 Å². The average Bonchev–Trinajstić information content (AvgIpc) is 3.10. The van der Waals surface area contributed by atoms with Crippen molar-refractivity contribution in [2.75, 3.05) is 5.32 Å². The third-order valence-corrected chi connectivity index (χ3v) is 4.77. The Balaban J connectivity index is 1.59. The summed E-state index contributed by atoms with van der Waals surface area (Å²) in [6, 6.07) is 21.4. The van der Waals surface area contributed by atoms with Crippen LogP contribution in [-0.2, 0) is 4.79 Å². The highest BCUT2D eigenvalue weighted by Crippen LogP contribution is 2.24. The number of rotatable bonds is 5. The fourth-order valence-electron chi connectivity index (χ4n) is 3.29. The van der Waals surface area contributed by atoms with E-state index in [-0.39, 0.29) is 11.8 Å². The Morgan fingerprint density at radius 1 is 1.04 bits per heavy atom. The van der Waals surface area contributed by atoms with Crippen LogP contribution in [0.15, 0.2) is 66.7 Å². The molecule has 0 bridgehead atoms. The third-order valence-electron chi connectivity index (χ3n) is 4.77. The maximum Gasteiger partial charge on any atom is 0.231 e. The van der Waals surface area contributed by atoms with Crippen molar-refractivity contribution in [3.8, 4) is 11.3 Å². The summed E-state index contributed by atoms with van der Waals surface area (Å²) in [4.78, 5) is 12.8. The first-order valence-electron chi connectivity index (χ1n) is 9.31. The SMILES string of the molecule is CC[C@@H](C(=O)Nc1cccc(-c2ccc3nnc(C)n3n2)c1)c1ccccc1. The van der Waals surface area contributed by atoms with E-state index in [2.05, 4.69) is 20.6 Å². The fraction of sp³-hybridized carbons (Fsp3) is 0.182. The van der Waals surface area contributed by atoms with Gasteiger partial charge in [0, 0.05) is 11.3 Å². The molecule has 6 heteroatoms. The van der Waals surface area contributed by atoms with Gasteiger partial charge in [0.15, 0.2) is 11.5 Å². The molecule has 0 radical (unpaired) electrons. The quantitative estimate of drug-likeness (QED) is 0.570. The van der Waals surface area contributed by atoms with Crippen LogP contribution in [0.1, 0.15) is 30.7 Å². The van der Waals surface area contributed by atoms with Crippen molar-refractivity contribution in [3.63, 3.8) is 0 Å². The number of nitrogens with one attached hydrogen (secondary N) is 1. The molecule has 1 atom stereocenters. The summed E-state index contributed by atoms with van der Waals surface area (Å²) in [5.41, 5.74) is 4.19. The summed E-state index contributed by atoms with van der Waals surface area (Å²) in [7, 11) is 0. The van der Waals surface area contributed by atoms with Gasteiger partial charge >= 0.3 is 0 Å². The molecule has 140 valence electrons. The predicted molar refractivity (Wildman–Crippen MR) is 109 cm³/mol. The second-order valence-corrected chi connectivity index (χ2v) is 6.68. The molecule has 2 aromatic heterocycles. The summed E-state index contributed by atoms with van der Waals surface area (Å²) >= 11 is 0. The Labute approximate surface area is 163 Å². The summed E-state index contributed by atoms with van der Waals surface area (Å²) in [5.74, 6) is 0.540. The molecular formula is C22H21N5O. The van der Waals surface area contributed by atoms with Crippen LogP contribution in [0.3, 0.4) is 0 Å². The van der Waals surface area contributed by atoms with Gasteiger partial charge in [-0.05, 0) is 43.2 Å². The van der Waals surface area contributed by atoms with Gasteiger partial charge in [-0.1, -0.05) is 49.4 Å². The minimum Gasteiger partial charge on any atom is -0.326 e. The van der Waals surface area contributed by atoms with Gasteiger partial charge in [0.05, 0.1) is 11.6 Å². The molecule has 0 saturated carbocycles. The van der Waals surface area contributed by atoms with Crippen LogP contribution >= 0.6 is 0 Å². The number of hydrogen-bond donors (Lipinski definition) is 1. The molecule has 0 aliphatic heterocycles. The van der Waals surface area contributed by atoms with E-state index in [0.29, 0.717) is 5.65 Å². The summed E-state index contributed by atoms with van der Waals surface area (Å²) in [6.07, 6.45) is 0.737. The van der Waals surface area contributed by atoms with Gasteiger partial charge in [0.1, 0.15) is 0 Å². The molecule has 0 unspecified atom stereocenters. The summed E-state index contributed by atoms with van der Waals surface area (Å²) in [6.45, 7) is 3.89. The molecule has 0 aliphatic carbocycles. The number of carbonyl (C=O) groups excluding carboxylic acids is 1. The molecular weight excluding hydrogens is 350 g/mol. The van der Waals surface area contributed by atoms with Gasteiger partial charge in [-0.3, -0.25) is 4.79 Å². The lowest BCUT2D eigenvalue weighted by molar-refractivity contribution is -0.117. The molecule has 2 aromatic carbocycles. The lowest BCUT2D eigenvalue weighted by Gasteiger charge is -2.16. The topological polar surface area (TPSA) is 72.2 Å². The molecule has 0 aliphatic rings. The maximum absolute atomic E-state index is 12.8. The maximum atomic E-state index is 12.8. The predicted octanol–water partition coefficient (Wildman–Crippen LogP) is 4.23. The van der Waals surface area contributed by atoms with Crippen molar-refractivity contribution in [1.82, 2.24) is 19.8 Å². The van der Waals surface area contributed by atoms with E-state index in [1.165, 1.54) is 0 Å². The van der Waals surface area contributed by atoms with Crippen LogP contribution in [0.25, 0.3) is 16.9 Å². The zero-order chi connectivity index (χ0) is 19.5.